The number of allylic oxidation sites excluding steroid dienone is 3. The molecule has 1 heterocycles. The summed E-state index contributed by atoms with van der Waals surface area (Å²) >= 11 is 0. The Balaban J connectivity index is 2.84. The molecule has 0 N–H and O–H groups in total. The van der Waals surface area contributed by atoms with Gasteiger partial charge in [0.15, 0.2) is 0 Å². The Labute approximate surface area is 68.7 Å². The van der Waals surface area contributed by atoms with Crippen LogP contribution in [0.15, 0.2) is 17.3 Å². The number of nitrogens with zero attached hydrogens (tertiary/aromatic N) is 1. The summed E-state index contributed by atoms with van der Waals surface area (Å²) in [6, 6.07) is 0. The first kappa shape index (κ1) is 9.94. The molecule has 13 heavy (non-hydrogen) atoms. The van der Waals surface area contributed by atoms with Gasteiger partial charge >= 0.3 is 12.4 Å². The maximum atomic E-state index is 11.8. The summed E-state index contributed by atoms with van der Waals surface area (Å²) in [7, 11) is 0. The Morgan fingerprint density at radius 3 is 1.77 bits per heavy atom. The van der Waals surface area contributed by atoms with Crippen LogP contribution in [0.3, 0.4) is 0 Å². The number of halogens is 6. The molecule has 0 atom stereocenters. The van der Waals surface area contributed by atoms with Crippen molar-refractivity contribution in [3.63, 3.8) is 0 Å². The number of rotatable bonds is 0. The van der Waals surface area contributed by atoms with Crippen LogP contribution in [0.5, 0.6) is 0 Å². The molecular weight excluding hydrogens is 200 g/mol. The third-order valence-electron chi connectivity index (χ3n) is 1.17. The molecule has 0 saturated carbocycles. The fraction of sp³-hybridized carbons (Fsp3) is 0.333. The summed E-state index contributed by atoms with van der Waals surface area (Å²) in [5.41, 5.74) is -3.10. The third-order valence-corrected chi connectivity index (χ3v) is 1.17. The van der Waals surface area contributed by atoms with Crippen molar-refractivity contribution in [1.29, 1.82) is 0 Å². The van der Waals surface area contributed by atoms with Crippen molar-refractivity contribution < 1.29 is 26.3 Å². The highest BCUT2D eigenvalue weighted by Gasteiger charge is 2.42. The highest BCUT2D eigenvalue weighted by molar-refractivity contribution is 5.32. The molecule has 1 aliphatic rings. The Hall–Kier alpha value is -1.14. The molecule has 0 amide bonds. The molecule has 72 valence electrons. The van der Waals surface area contributed by atoms with Crippen molar-refractivity contribution in [2.75, 3.05) is 0 Å². The molecule has 0 saturated heterocycles. The third kappa shape index (κ3) is 2.16. The van der Waals surface area contributed by atoms with E-state index in [4.69, 9.17) is 0 Å². The van der Waals surface area contributed by atoms with Crippen LogP contribution >= 0.6 is 0 Å². The first-order chi connectivity index (χ1) is 5.71. The van der Waals surface area contributed by atoms with Crippen LogP contribution in [0.25, 0.3) is 0 Å². The van der Waals surface area contributed by atoms with Gasteiger partial charge in [-0.3, -0.25) is 0 Å². The van der Waals surface area contributed by atoms with Crippen molar-refractivity contribution in [3.8, 4) is 0 Å². The minimum absolute atomic E-state index is 0.0833. The smallest absolute Gasteiger partial charge is 0.241 e. The zero-order chi connectivity index (χ0) is 10.3. The van der Waals surface area contributed by atoms with Gasteiger partial charge < -0.3 is 0 Å². The average Bonchev–Trinajstić information content (AvgIpc) is 2.28. The lowest BCUT2D eigenvalue weighted by atomic mass is 10.2. The van der Waals surface area contributed by atoms with E-state index in [9.17, 15) is 26.3 Å². The van der Waals surface area contributed by atoms with Gasteiger partial charge in [0, 0.05) is 0 Å². The summed E-state index contributed by atoms with van der Waals surface area (Å²) in [4.78, 5) is 0. The molecular formula is C6HF6N. The fourth-order valence-electron chi connectivity index (χ4n) is 0.612. The molecule has 1 nitrogen and oxygen atoms in total. The fourth-order valence-corrected chi connectivity index (χ4v) is 0.612. The second-order valence-corrected chi connectivity index (χ2v) is 2.16. The van der Waals surface area contributed by atoms with Crippen molar-refractivity contribution in [2.24, 2.45) is 0 Å². The molecule has 0 aromatic rings. The lowest BCUT2D eigenvalue weighted by Gasteiger charge is -2.04. The Kier molecular flexibility index (Phi) is 2.05. The zero-order valence-corrected chi connectivity index (χ0v) is 5.79. The van der Waals surface area contributed by atoms with E-state index in [2.05, 4.69) is 5.32 Å². The number of hydrogen-bond donors (Lipinski definition) is 0. The van der Waals surface area contributed by atoms with Crippen molar-refractivity contribution in [2.45, 2.75) is 12.4 Å². The Morgan fingerprint density at radius 2 is 1.54 bits per heavy atom. The molecule has 0 aliphatic carbocycles. The molecule has 0 aromatic heterocycles. The van der Waals surface area contributed by atoms with Crippen LogP contribution in [0.1, 0.15) is 0 Å². The largest absolute Gasteiger partial charge is 0.433 e. The molecule has 0 spiro atoms. The quantitative estimate of drug-likeness (QED) is 0.534. The van der Waals surface area contributed by atoms with E-state index in [0.29, 0.717) is 0 Å². The van der Waals surface area contributed by atoms with Gasteiger partial charge in [0.2, 0.25) is 0 Å². The average molecular weight is 201 g/mol. The maximum Gasteiger partial charge on any atom is 0.433 e. The Morgan fingerprint density at radius 1 is 1.00 bits per heavy atom. The lowest BCUT2D eigenvalue weighted by Crippen LogP contribution is -2.15. The van der Waals surface area contributed by atoms with E-state index in [1.807, 2.05) is 0 Å². The molecule has 1 aliphatic heterocycles. The second kappa shape index (κ2) is 2.68. The first-order valence-corrected chi connectivity index (χ1v) is 2.91. The van der Waals surface area contributed by atoms with Crippen molar-refractivity contribution in [1.82, 2.24) is 5.32 Å². The molecule has 7 heteroatoms. The van der Waals surface area contributed by atoms with Crippen LogP contribution in [0, 0.1) is 6.20 Å². The number of alkyl halides is 6. The summed E-state index contributed by atoms with van der Waals surface area (Å²) in [6.45, 7) is 0. The van der Waals surface area contributed by atoms with Crippen LogP contribution in [0.2, 0.25) is 0 Å². The van der Waals surface area contributed by atoms with Gasteiger partial charge in [0.1, 0.15) is 11.9 Å². The molecule has 0 bridgehead atoms. The molecule has 1 rings (SSSR count). The molecule has 0 fully saturated rings. The lowest BCUT2D eigenvalue weighted by molar-refractivity contribution is -0.0960. The molecule has 0 unspecified atom stereocenters. The van der Waals surface area contributed by atoms with Crippen LogP contribution in [-0.2, 0) is 0 Å². The highest BCUT2D eigenvalue weighted by Crippen LogP contribution is 2.34. The molecule has 0 aromatic carbocycles. The second-order valence-electron chi connectivity index (χ2n) is 2.16. The number of hydrogen-bond acceptors (Lipinski definition) is 0. The summed E-state index contributed by atoms with van der Waals surface area (Å²) in [5, 5.41) is 2.48. The van der Waals surface area contributed by atoms with Gasteiger partial charge in [-0.2, -0.15) is 26.3 Å². The first-order valence-electron chi connectivity index (χ1n) is 2.91. The van der Waals surface area contributed by atoms with E-state index in [1.165, 1.54) is 6.20 Å². The van der Waals surface area contributed by atoms with Crippen LogP contribution < -0.4 is 5.32 Å². The predicted molar refractivity (Wildman–Crippen MR) is 29.1 cm³/mol. The van der Waals surface area contributed by atoms with Gasteiger partial charge in [-0.15, -0.1) is 0 Å². The van der Waals surface area contributed by atoms with E-state index in [1.54, 1.807) is 0 Å². The summed E-state index contributed by atoms with van der Waals surface area (Å²) in [5.74, 6) is 0. The van der Waals surface area contributed by atoms with Gasteiger partial charge in [0.25, 0.3) is 0 Å². The normalized spacial score (nSPS) is 18.0. The van der Waals surface area contributed by atoms with Gasteiger partial charge in [-0.25, -0.2) is 5.32 Å². The van der Waals surface area contributed by atoms with Crippen LogP contribution in [-0.4, -0.2) is 12.4 Å². The van der Waals surface area contributed by atoms with Gasteiger partial charge in [-0.05, 0) is 6.08 Å². The van der Waals surface area contributed by atoms with Gasteiger partial charge in [0.05, 0.1) is 5.57 Å². The monoisotopic (exact) mass is 201 g/mol. The minimum Gasteiger partial charge on any atom is -0.241 e. The SMILES string of the molecule is FC(F)(F)C1=[C][N]C(C(F)(F)F)=C1. The van der Waals surface area contributed by atoms with E-state index in [-0.39, 0.29) is 6.08 Å². The standard InChI is InChI=1S/C6HF6N/c7-5(8,9)3-1-4(13-2-3)6(10,11)12/h1H. The Bertz CT molecular complexity index is 268. The maximum absolute atomic E-state index is 11.8. The van der Waals surface area contributed by atoms with Crippen molar-refractivity contribution in [3.05, 3.63) is 23.5 Å². The van der Waals surface area contributed by atoms with Crippen LogP contribution in [0.4, 0.5) is 26.3 Å². The zero-order valence-electron chi connectivity index (χ0n) is 5.79. The highest BCUT2D eigenvalue weighted by atomic mass is 19.4. The van der Waals surface area contributed by atoms with Gasteiger partial charge in [-0.1, -0.05) is 0 Å². The predicted octanol–water partition coefficient (Wildman–Crippen LogP) is 2.30. The van der Waals surface area contributed by atoms with Crippen molar-refractivity contribution >= 4 is 0 Å². The summed E-state index contributed by atoms with van der Waals surface area (Å²) < 4.78 is 70.5. The summed E-state index contributed by atoms with van der Waals surface area (Å²) in [6.07, 6.45) is -8.52. The van der Waals surface area contributed by atoms with E-state index < -0.39 is 23.6 Å². The van der Waals surface area contributed by atoms with E-state index in [0.717, 1.165) is 0 Å². The van der Waals surface area contributed by atoms with E-state index >= 15 is 0 Å². The molecule has 2 radical (unpaired) electrons. The topological polar surface area (TPSA) is 14.1 Å². The minimum atomic E-state index is -4.86.